The van der Waals surface area contributed by atoms with Crippen molar-refractivity contribution >= 4 is 17.5 Å². The van der Waals surface area contributed by atoms with Crippen LogP contribution < -0.4 is 14.8 Å². The van der Waals surface area contributed by atoms with Gasteiger partial charge in [0.2, 0.25) is 5.91 Å². The van der Waals surface area contributed by atoms with Gasteiger partial charge in [0.05, 0.1) is 7.11 Å². The van der Waals surface area contributed by atoms with Gasteiger partial charge in [-0.1, -0.05) is 86.5 Å². The zero-order valence-electron chi connectivity index (χ0n) is 24.3. The van der Waals surface area contributed by atoms with Crippen molar-refractivity contribution in [3.8, 4) is 11.5 Å². The van der Waals surface area contributed by atoms with Crippen LogP contribution in [-0.4, -0.2) is 29.9 Å². The first-order valence-electron chi connectivity index (χ1n) is 14.7. The number of anilines is 1. The molecule has 1 aliphatic rings. The van der Waals surface area contributed by atoms with Crippen molar-refractivity contribution in [3.63, 3.8) is 0 Å². The lowest BCUT2D eigenvalue weighted by molar-refractivity contribution is -0.121. The smallest absolute Gasteiger partial charge is 0.254 e. The van der Waals surface area contributed by atoms with Crippen molar-refractivity contribution in [2.75, 3.05) is 12.4 Å². The number of fused-ring (bicyclic) bond motifs is 1. The predicted octanol–water partition coefficient (Wildman–Crippen LogP) is 7.21. The van der Waals surface area contributed by atoms with E-state index in [1.165, 1.54) is 18.4 Å². The molecule has 1 atom stereocenters. The monoisotopic (exact) mass is 562 g/mol. The van der Waals surface area contributed by atoms with Gasteiger partial charge in [-0.05, 0) is 65.4 Å². The summed E-state index contributed by atoms with van der Waals surface area (Å²) in [7, 11) is 1.58. The first-order valence-corrected chi connectivity index (χ1v) is 14.7. The number of rotatable bonds is 11. The first-order chi connectivity index (χ1) is 20.6. The Balaban J connectivity index is 1.36. The lowest BCUT2D eigenvalue weighted by Gasteiger charge is -2.36. The summed E-state index contributed by atoms with van der Waals surface area (Å²) in [6.07, 6.45) is 5.02. The number of methoxy groups -OCH3 is 1. The molecule has 0 bridgehead atoms. The summed E-state index contributed by atoms with van der Waals surface area (Å²) in [6.45, 7) is 2.88. The largest absolute Gasteiger partial charge is 0.493 e. The van der Waals surface area contributed by atoms with Crippen LogP contribution in [0.15, 0.2) is 97.1 Å². The van der Waals surface area contributed by atoms with E-state index in [0.717, 1.165) is 35.2 Å². The molecule has 0 saturated heterocycles. The number of ether oxygens (including phenoxy) is 2. The summed E-state index contributed by atoms with van der Waals surface area (Å²) >= 11 is 0. The van der Waals surface area contributed by atoms with Gasteiger partial charge >= 0.3 is 0 Å². The van der Waals surface area contributed by atoms with Crippen molar-refractivity contribution < 1.29 is 19.1 Å². The molecule has 2 amide bonds. The van der Waals surface area contributed by atoms with Gasteiger partial charge in [0.1, 0.15) is 12.6 Å². The predicted molar refractivity (Wildman–Crippen MR) is 166 cm³/mol. The number of benzene rings is 4. The van der Waals surface area contributed by atoms with E-state index in [0.29, 0.717) is 36.6 Å². The SMILES string of the molecule is CCCCCc1ccc(NC(=O)[C@@H]2Cc3ccccc3CN2C(=O)c2ccc(OC)c(OCc3ccccc3)c2)cc1. The Morgan fingerprint density at radius 3 is 2.31 bits per heavy atom. The summed E-state index contributed by atoms with van der Waals surface area (Å²) in [5.41, 5.74) is 5.55. The number of aryl methyl sites for hydroxylation is 1. The van der Waals surface area contributed by atoms with Crippen LogP contribution in [0.4, 0.5) is 5.69 Å². The van der Waals surface area contributed by atoms with Gasteiger partial charge < -0.3 is 19.7 Å². The topological polar surface area (TPSA) is 67.9 Å². The maximum absolute atomic E-state index is 14.0. The lowest BCUT2D eigenvalue weighted by atomic mass is 9.92. The Hall–Kier alpha value is -4.58. The quantitative estimate of drug-likeness (QED) is 0.196. The number of nitrogens with zero attached hydrogens (tertiary/aromatic N) is 1. The molecule has 4 aromatic carbocycles. The first kappa shape index (κ1) is 28.9. The van der Waals surface area contributed by atoms with Crippen LogP contribution in [0.3, 0.4) is 0 Å². The van der Waals surface area contributed by atoms with Crippen LogP contribution in [0.1, 0.15) is 58.8 Å². The molecule has 0 unspecified atom stereocenters. The average molecular weight is 563 g/mol. The standard InChI is InChI=1S/C36H38N2O4/c1-3-4-6-11-26-16-19-31(20-17-26)37-35(39)32-22-28-14-9-10-15-30(28)24-38(32)36(40)29-18-21-33(41-2)34(23-29)42-25-27-12-7-5-8-13-27/h5,7-10,12-21,23,32H,3-4,6,11,22,24-25H2,1-2H3,(H,37,39)/t32-/m0/s1. The van der Waals surface area contributed by atoms with Crippen molar-refractivity contribution in [2.45, 2.75) is 58.2 Å². The van der Waals surface area contributed by atoms with E-state index in [4.69, 9.17) is 9.47 Å². The van der Waals surface area contributed by atoms with Gasteiger partial charge in [0.15, 0.2) is 11.5 Å². The second-order valence-corrected chi connectivity index (χ2v) is 10.7. The van der Waals surface area contributed by atoms with Gasteiger partial charge in [-0.25, -0.2) is 0 Å². The third-order valence-electron chi connectivity index (χ3n) is 7.75. The molecule has 1 aliphatic heterocycles. The Kier molecular flexibility index (Phi) is 9.55. The Morgan fingerprint density at radius 2 is 1.57 bits per heavy atom. The fourth-order valence-electron chi connectivity index (χ4n) is 5.35. The molecule has 6 nitrogen and oxygen atoms in total. The van der Waals surface area contributed by atoms with Crippen LogP contribution in [0.25, 0.3) is 0 Å². The normalized spacial score (nSPS) is 14.1. The molecule has 0 aromatic heterocycles. The highest BCUT2D eigenvalue weighted by atomic mass is 16.5. The highest BCUT2D eigenvalue weighted by Crippen LogP contribution is 2.32. The molecular weight excluding hydrogens is 524 g/mol. The molecule has 6 heteroatoms. The molecule has 0 aliphatic carbocycles. The van der Waals surface area contributed by atoms with Gasteiger partial charge in [0, 0.05) is 24.2 Å². The zero-order chi connectivity index (χ0) is 29.3. The third kappa shape index (κ3) is 7.00. The van der Waals surface area contributed by atoms with E-state index in [-0.39, 0.29) is 11.8 Å². The number of nitrogens with one attached hydrogen (secondary N) is 1. The summed E-state index contributed by atoms with van der Waals surface area (Å²) in [6, 6.07) is 30.4. The summed E-state index contributed by atoms with van der Waals surface area (Å²) < 4.78 is 11.6. The summed E-state index contributed by atoms with van der Waals surface area (Å²) in [5, 5.41) is 3.06. The number of carbonyl (C=O) groups excluding carboxylic acids is 2. The molecule has 216 valence electrons. The van der Waals surface area contributed by atoms with Crippen LogP contribution in [-0.2, 0) is 30.8 Å². The van der Waals surface area contributed by atoms with E-state index >= 15 is 0 Å². The summed E-state index contributed by atoms with van der Waals surface area (Å²) in [4.78, 5) is 29.4. The second-order valence-electron chi connectivity index (χ2n) is 10.7. The van der Waals surface area contributed by atoms with E-state index in [1.807, 2.05) is 66.7 Å². The average Bonchev–Trinajstić information content (AvgIpc) is 3.04. The molecule has 4 aromatic rings. The number of unbranched alkanes of at least 4 members (excludes halogenated alkanes) is 2. The lowest BCUT2D eigenvalue weighted by Crippen LogP contribution is -2.50. The highest BCUT2D eigenvalue weighted by molar-refractivity contribution is 6.02. The molecule has 1 N–H and O–H groups in total. The molecular formula is C36H38N2O4. The van der Waals surface area contributed by atoms with Gasteiger partial charge in [-0.3, -0.25) is 9.59 Å². The van der Waals surface area contributed by atoms with E-state index in [2.05, 4.69) is 24.4 Å². The molecule has 1 heterocycles. The van der Waals surface area contributed by atoms with Crippen LogP contribution in [0.2, 0.25) is 0 Å². The zero-order valence-corrected chi connectivity index (χ0v) is 24.3. The summed E-state index contributed by atoms with van der Waals surface area (Å²) in [5.74, 6) is 0.581. The van der Waals surface area contributed by atoms with Crippen LogP contribution >= 0.6 is 0 Å². The highest BCUT2D eigenvalue weighted by Gasteiger charge is 2.35. The van der Waals surface area contributed by atoms with Crippen molar-refractivity contribution in [1.29, 1.82) is 0 Å². The Bertz CT molecular complexity index is 1500. The molecule has 0 fully saturated rings. The Labute approximate surface area is 248 Å². The van der Waals surface area contributed by atoms with Crippen LogP contribution in [0.5, 0.6) is 11.5 Å². The minimum atomic E-state index is -0.660. The van der Waals surface area contributed by atoms with Crippen LogP contribution in [0, 0.1) is 0 Å². The second kappa shape index (κ2) is 13.9. The molecule has 42 heavy (non-hydrogen) atoms. The Morgan fingerprint density at radius 1 is 0.833 bits per heavy atom. The minimum absolute atomic E-state index is 0.203. The van der Waals surface area contributed by atoms with E-state index < -0.39 is 6.04 Å². The van der Waals surface area contributed by atoms with E-state index in [9.17, 15) is 9.59 Å². The number of hydrogen-bond acceptors (Lipinski definition) is 4. The van der Waals surface area contributed by atoms with Crippen molar-refractivity contribution in [2.24, 2.45) is 0 Å². The van der Waals surface area contributed by atoms with Gasteiger partial charge in [-0.2, -0.15) is 0 Å². The molecule has 0 spiro atoms. The molecule has 0 saturated carbocycles. The molecule has 0 radical (unpaired) electrons. The third-order valence-corrected chi connectivity index (χ3v) is 7.75. The maximum Gasteiger partial charge on any atom is 0.254 e. The van der Waals surface area contributed by atoms with Gasteiger partial charge in [0.25, 0.3) is 5.91 Å². The maximum atomic E-state index is 14.0. The van der Waals surface area contributed by atoms with Crippen molar-refractivity contribution in [3.05, 3.63) is 125 Å². The number of carbonyl (C=O) groups is 2. The fourth-order valence-corrected chi connectivity index (χ4v) is 5.35. The number of amides is 2. The number of hydrogen-bond donors (Lipinski definition) is 1. The van der Waals surface area contributed by atoms with E-state index in [1.54, 1.807) is 30.2 Å². The minimum Gasteiger partial charge on any atom is -0.493 e. The fraction of sp³-hybridized carbons (Fsp3) is 0.278. The van der Waals surface area contributed by atoms with Crippen molar-refractivity contribution in [1.82, 2.24) is 4.90 Å². The van der Waals surface area contributed by atoms with Gasteiger partial charge in [-0.15, -0.1) is 0 Å². The molecule has 5 rings (SSSR count).